The second kappa shape index (κ2) is 11.4. The van der Waals surface area contributed by atoms with Gasteiger partial charge in [-0.1, -0.05) is 18.2 Å². The number of benzene rings is 1. The third-order valence-electron chi connectivity index (χ3n) is 5.21. The van der Waals surface area contributed by atoms with E-state index in [4.69, 9.17) is 5.73 Å². The van der Waals surface area contributed by atoms with Gasteiger partial charge in [0.25, 0.3) is 5.91 Å². The third kappa shape index (κ3) is 7.08. The number of aliphatic hydroxyl groups is 1. The molecule has 1 aromatic carbocycles. The Morgan fingerprint density at radius 3 is 2.57 bits per heavy atom. The van der Waals surface area contributed by atoms with E-state index in [1.165, 1.54) is 22.3 Å². The average molecular weight is 500 g/mol. The first kappa shape index (κ1) is 26.3. The van der Waals surface area contributed by atoms with Crippen molar-refractivity contribution in [1.82, 2.24) is 14.8 Å². The summed E-state index contributed by atoms with van der Waals surface area (Å²) in [4.78, 5) is 32.5. The number of carbonyl (C=O) groups excluding carboxylic acids is 2. The molecule has 1 unspecified atom stereocenters. The zero-order chi connectivity index (χ0) is 25.7. The minimum Gasteiger partial charge on any atom is -0.393 e. The molecule has 10 heteroatoms. The third-order valence-corrected chi connectivity index (χ3v) is 6.30. The number of nitrogens with two attached hydrogens (primary N) is 1. The van der Waals surface area contributed by atoms with E-state index in [-0.39, 0.29) is 18.0 Å². The Morgan fingerprint density at radius 1 is 1.20 bits per heavy atom. The Hall–Kier alpha value is -3.34. The summed E-state index contributed by atoms with van der Waals surface area (Å²) < 4.78 is 14.8. The summed E-state index contributed by atoms with van der Waals surface area (Å²) in [7, 11) is 5.25. The molecular weight excluding hydrogens is 469 g/mol. The lowest BCUT2D eigenvalue weighted by atomic mass is 10.0. The fourth-order valence-electron chi connectivity index (χ4n) is 3.48. The van der Waals surface area contributed by atoms with Crippen molar-refractivity contribution in [1.29, 1.82) is 0 Å². The van der Waals surface area contributed by atoms with Gasteiger partial charge in [0.15, 0.2) is 0 Å². The number of primary amides is 1. The van der Waals surface area contributed by atoms with E-state index in [0.29, 0.717) is 39.8 Å². The number of hydrogen-bond acceptors (Lipinski definition) is 7. The molecule has 3 aromatic rings. The first-order chi connectivity index (χ1) is 16.5. The molecule has 186 valence electrons. The van der Waals surface area contributed by atoms with Crippen molar-refractivity contribution in [2.45, 2.75) is 26.0 Å². The highest BCUT2D eigenvalue weighted by molar-refractivity contribution is 7.19. The number of nitrogens with zero attached hydrogens (tertiary/aromatic N) is 3. The second-order valence-electron chi connectivity index (χ2n) is 8.68. The monoisotopic (exact) mass is 499 g/mol. The molecule has 0 aliphatic heterocycles. The summed E-state index contributed by atoms with van der Waals surface area (Å²) in [5, 5.41) is 13.1. The van der Waals surface area contributed by atoms with Crippen LogP contribution < -0.4 is 11.1 Å². The van der Waals surface area contributed by atoms with Crippen LogP contribution in [-0.2, 0) is 17.8 Å². The molecule has 2 amide bonds. The molecule has 0 spiro atoms. The lowest BCUT2D eigenvalue weighted by Gasteiger charge is -2.18. The van der Waals surface area contributed by atoms with Crippen molar-refractivity contribution >= 4 is 34.0 Å². The van der Waals surface area contributed by atoms with Crippen molar-refractivity contribution in [2.24, 2.45) is 5.73 Å². The highest BCUT2D eigenvalue weighted by Crippen LogP contribution is 2.38. The number of halogens is 1. The van der Waals surface area contributed by atoms with Gasteiger partial charge in [0, 0.05) is 31.1 Å². The van der Waals surface area contributed by atoms with Gasteiger partial charge < -0.3 is 21.1 Å². The van der Waals surface area contributed by atoms with Gasteiger partial charge >= 0.3 is 0 Å². The number of anilines is 2. The number of hydrogen-bond donors (Lipinski definition) is 3. The van der Waals surface area contributed by atoms with Crippen LogP contribution in [0.15, 0.2) is 42.5 Å². The highest BCUT2D eigenvalue weighted by Gasteiger charge is 2.18. The molecule has 0 aliphatic carbocycles. The van der Waals surface area contributed by atoms with Crippen molar-refractivity contribution in [3.8, 4) is 10.4 Å². The SMILES string of the molecule is CC(O)Cc1ccc(-c2cc(C(N)=O)c(Nc3cccc(CN(C)CC(=O)N(C)C)n3)s2)c(F)c1. The summed E-state index contributed by atoms with van der Waals surface area (Å²) >= 11 is 1.20. The van der Waals surface area contributed by atoms with Crippen LogP contribution in [0.2, 0.25) is 0 Å². The van der Waals surface area contributed by atoms with Gasteiger partial charge in [-0.25, -0.2) is 9.37 Å². The number of likely N-dealkylation sites (N-methyl/N-ethyl adjacent to an activating group) is 2. The Labute approximate surface area is 208 Å². The Balaban J connectivity index is 1.82. The Kier molecular flexibility index (Phi) is 8.55. The zero-order valence-electron chi connectivity index (χ0n) is 20.2. The number of amides is 2. The Morgan fingerprint density at radius 2 is 1.94 bits per heavy atom. The van der Waals surface area contributed by atoms with E-state index < -0.39 is 17.8 Å². The van der Waals surface area contributed by atoms with E-state index in [9.17, 15) is 19.1 Å². The molecule has 0 bridgehead atoms. The molecule has 0 radical (unpaired) electrons. The van der Waals surface area contributed by atoms with Crippen LogP contribution in [0.1, 0.15) is 28.5 Å². The number of thiophene rings is 1. The number of carbonyl (C=O) groups is 2. The normalized spacial score (nSPS) is 12.0. The molecule has 35 heavy (non-hydrogen) atoms. The first-order valence-electron chi connectivity index (χ1n) is 11.1. The molecule has 4 N–H and O–H groups in total. The minimum atomic E-state index is -0.640. The van der Waals surface area contributed by atoms with Crippen molar-refractivity contribution in [3.05, 3.63) is 65.1 Å². The molecule has 2 heterocycles. The molecule has 8 nitrogen and oxygen atoms in total. The second-order valence-corrected chi connectivity index (χ2v) is 9.74. The molecule has 1 atom stereocenters. The van der Waals surface area contributed by atoms with Crippen molar-refractivity contribution in [2.75, 3.05) is 33.0 Å². The molecule has 0 saturated carbocycles. The van der Waals surface area contributed by atoms with Crippen LogP contribution in [0.4, 0.5) is 15.2 Å². The minimum absolute atomic E-state index is 0.00914. The number of aromatic nitrogens is 1. The lowest BCUT2D eigenvalue weighted by Crippen LogP contribution is -2.34. The van der Waals surface area contributed by atoms with Gasteiger partial charge in [-0.15, -0.1) is 11.3 Å². The molecule has 0 fully saturated rings. The number of nitrogens with one attached hydrogen (secondary N) is 1. The van der Waals surface area contributed by atoms with Gasteiger partial charge in [0.1, 0.15) is 16.6 Å². The smallest absolute Gasteiger partial charge is 0.251 e. The van der Waals surface area contributed by atoms with Gasteiger partial charge in [0.2, 0.25) is 5.91 Å². The van der Waals surface area contributed by atoms with E-state index >= 15 is 0 Å². The summed E-state index contributed by atoms with van der Waals surface area (Å²) in [6.07, 6.45) is -0.225. The van der Waals surface area contributed by atoms with E-state index in [0.717, 1.165) is 5.69 Å². The number of rotatable bonds is 10. The molecule has 0 aliphatic rings. The maximum atomic E-state index is 14.8. The molecule has 0 saturated heterocycles. The van der Waals surface area contributed by atoms with E-state index in [1.54, 1.807) is 45.3 Å². The quantitative estimate of drug-likeness (QED) is 0.395. The fourth-order valence-corrected chi connectivity index (χ4v) is 4.58. The van der Waals surface area contributed by atoms with Crippen LogP contribution in [0.5, 0.6) is 0 Å². The topological polar surface area (TPSA) is 112 Å². The van der Waals surface area contributed by atoms with Crippen LogP contribution in [0, 0.1) is 5.82 Å². The first-order valence-corrected chi connectivity index (χ1v) is 11.9. The van der Waals surface area contributed by atoms with Gasteiger partial charge in [-0.3, -0.25) is 14.5 Å². The van der Waals surface area contributed by atoms with Crippen LogP contribution in [0.3, 0.4) is 0 Å². The fraction of sp³-hybridized carbons (Fsp3) is 0.320. The number of aliphatic hydroxyl groups excluding tert-OH is 1. The van der Waals surface area contributed by atoms with Gasteiger partial charge in [-0.05, 0) is 50.2 Å². The zero-order valence-corrected chi connectivity index (χ0v) is 21.0. The van der Waals surface area contributed by atoms with E-state index in [2.05, 4.69) is 10.3 Å². The van der Waals surface area contributed by atoms with Crippen LogP contribution >= 0.6 is 11.3 Å². The maximum Gasteiger partial charge on any atom is 0.251 e. The number of pyridine rings is 1. The average Bonchev–Trinajstić information content (AvgIpc) is 3.17. The largest absolute Gasteiger partial charge is 0.393 e. The van der Waals surface area contributed by atoms with Crippen molar-refractivity contribution in [3.63, 3.8) is 0 Å². The van der Waals surface area contributed by atoms with Crippen LogP contribution in [0.25, 0.3) is 10.4 Å². The predicted molar refractivity (Wildman–Crippen MR) is 136 cm³/mol. The summed E-state index contributed by atoms with van der Waals surface area (Å²) in [6.45, 7) is 2.36. The van der Waals surface area contributed by atoms with Crippen molar-refractivity contribution < 1.29 is 19.1 Å². The molecule has 2 aromatic heterocycles. The standard InChI is InChI=1S/C25H30FN5O3S/c1-15(32)10-16-8-9-18(20(26)11-16)21-12-19(24(27)34)25(35-21)29-22-7-5-6-17(28-22)13-31(4)14-23(33)30(2)3/h5-9,11-12,15,32H,10,13-14H2,1-4H3,(H2,27,34)(H,28,29). The van der Waals surface area contributed by atoms with Gasteiger partial charge in [-0.2, -0.15) is 0 Å². The molecular formula is C25H30FN5O3S. The Bertz CT molecular complexity index is 1210. The van der Waals surface area contributed by atoms with Gasteiger partial charge in [0.05, 0.1) is 23.9 Å². The van der Waals surface area contributed by atoms with Crippen LogP contribution in [-0.4, -0.2) is 65.5 Å². The summed E-state index contributed by atoms with van der Waals surface area (Å²) in [6, 6.07) is 11.8. The molecule has 3 rings (SSSR count). The predicted octanol–water partition coefficient (Wildman–Crippen LogP) is 3.24. The van der Waals surface area contributed by atoms with E-state index in [1.807, 2.05) is 24.1 Å². The lowest BCUT2D eigenvalue weighted by molar-refractivity contribution is -0.129. The maximum absolute atomic E-state index is 14.8. The summed E-state index contributed by atoms with van der Waals surface area (Å²) in [5.74, 6) is -0.592. The highest BCUT2D eigenvalue weighted by atomic mass is 32.1. The summed E-state index contributed by atoms with van der Waals surface area (Å²) in [5.41, 5.74) is 7.58.